The number of alkyl halides is 4. The molecule has 16 nitrogen and oxygen atoms in total. The molecule has 1 aliphatic heterocycles. The Morgan fingerprint density at radius 3 is 2.54 bits per heavy atom. The molecule has 1 aliphatic rings. The quantitative estimate of drug-likeness (QED) is 0.0318. The number of nitrogens with one attached hydrogen (secondary N) is 4. The Labute approximate surface area is 409 Å². The molecule has 3 aromatic heterocycles. The number of amides is 1. The average molecular weight is 1010 g/mol. The Hall–Kier alpha value is -7.02. The molecule has 3 aromatic carbocycles. The van der Waals surface area contributed by atoms with Crippen molar-refractivity contribution in [1.82, 2.24) is 24.9 Å². The second-order valence-corrected chi connectivity index (χ2v) is 19.0. The van der Waals surface area contributed by atoms with Crippen LogP contribution in [0.4, 0.5) is 34.6 Å². The molecule has 378 valence electrons. The zero-order valence-electron chi connectivity index (χ0n) is 39.9. The molecule has 1 fully saturated rings. The number of carbonyl (C=O) groups excluding carboxylic acids is 1. The molecule has 6 aromatic rings. The average Bonchev–Trinajstić information content (AvgIpc) is 3.87. The van der Waals surface area contributed by atoms with E-state index in [9.17, 15) is 30.8 Å². The van der Waals surface area contributed by atoms with Crippen LogP contribution < -0.4 is 35.5 Å². The lowest BCUT2D eigenvalue weighted by Gasteiger charge is -2.33. The van der Waals surface area contributed by atoms with Crippen LogP contribution in [0.3, 0.4) is 0 Å². The molecule has 0 radical (unpaired) electrons. The number of anilines is 3. The number of hydrogen-bond donors (Lipinski definition) is 4. The third kappa shape index (κ3) is 13.7. The van der Waals surface area contributed by atoms with E-state index in [2.05, 4.69) is 43.2 Å². The van der Waals surface area contributed by atoms with Gasteiger partial charge in [-0.05, 0) is 87.3 Å². The fourth-order valence-corrected chi connectivity index (χ4v) is 9.27. The Morgan fingerprint density at radius 2 is 1.79 bits per heavy atom. The third-order valence-electron chi connectivity index (χ3n) is 11.7. The fourth-order valence-electron chi connectivity index (χ4n) is 8.13. The van der Waals surface area contributed by atoms with Gasteiger partial charge in [-0.25, -0.2) is 17.8 Å². The number of rotatable bonds is 21. The maximum atomic E-state index is 14.9. The summed E-state index contributed by atoms with van der Waals surface area (Å²) in [6, 6.07) is 19.5. The van der Waals surface area contributed by atoms with Gasteiger partial charge in [0.15, 0.2) is 16.4 Å². The van der Waals surface area contributed by atoms with Gasteiger partial charge in [-0.3, -0.25) is 4.79 Å². The zero-order chi connectivity index (χ0) is 50.7. The number of piperidine rings is 1. The first-order valence-electron chi connectivity index (χ1n) is 22.7. The van der Waals surface area contributed by atoms with Crippen LogP contribution in [0.1, 0.15) is 29.1 Å². The molecule has 1 saturated heterocycles. The van der Waals surface area contributed by atoms with Gasteiger partial charge >= 0.3 is 6.18 Å². The predicted octanol–water partition coefficient (Wildman–Crippen LogP) is 7.40. The van der Waals surface area contributed by atoms with E-state index in [0.717, 1.165) is 27.0 Å². The Kier molecular flexibility index (Phi) is 17.0. The number of sulfone groups is 1. The molecular formula is C50H56F4N8O8S. The minimum absolute atomic E-state index is 0.0143. The van der Waals surface area contributed by atoms with Crippen molar-refractivity contribution >= 4 is 43.7 Å². The highest BCUT2D eigenvalue weighted by atomic mass is 32.2. The molecule has 0 saturated carbocycles. The summed E-state index contributed by atoms with van der Waals surface area (Å²) in [5.41, 5.74) is 5.36. The lowest BCUT2D eigenvalue weighted by molar-refractivity contribution is -0.140. The number of halogens is 4. The van der Waals surface area contributed by atoms with Crippen molar-refractivity contribution in [2.24, 2.45) is 0 Å². The minimum Gasteiger partial charge on any atom is -0.495 e. The van der Waals surface area contributed by atoms with Gasteiger partial charge in [-0.2, -0.15) is 13.2 Å². The summed E-state index contributed by atoms with van der Waals surface area (Å²) in [6.45, 7) is 3.55. The number of benzene rings is 3. The summed E-state index contributed by atoms with van der Waals surface area (Å²) >= 11 is 0. The molecule has 0 spiro atoms. The number of methoxy groups -OCH3 is 2. The van der Waals surface area contributed by atoms with Crippen molar-refractivity contribution in [1.29, 1.82) is 0 Å². The van der Waals surface area contributed by atoms with Gasteiger partial charge in [0.1, 0.15) is 30.0 Å². The summed E-state index contributed by atoms with van der Waals surface area (Å²) < 4.78 is 111. The van der Waals surface area contributed by atoms with Gasteiger partial charge in [0, 0.05) is 60.6 Å². The number of fused-ring (bicyclic) bond motifs is 1. The number of aryl methyl sites for hydroxylation is 2. The molecule has 71 heavy (non-hydrogen) atoms. The second-order valence-electron chi connectivity index (χ2n) is 16.9. The number of hydrogen-bond acceptors (Lipinski definition) is 14. The molecule has 4 heterocycles. The Morgan fingerprint density at radius 1 is 0.972 bits per heavy atom. The van der Waals surface area contributed by atoms with Gasteiger partial charge in [-0.15, -0.1) is 0 Å². The first-order chi connectivity index (χ1) is 34.0. The van der Waals surface area contributed by atoms with E-state index in [1.807, 2.05) is 50.1 Å². The number of nitrogens with zero attached hydrogens (tertiary/aromatic N) is 4. The SMILES string of the molecule is COc1cc(S(=O)(=O)CCOCCNC(=O)COc2cccc(CNc3cc(-c4c(C)noc4C)cnc3OC)c2)ccc1NCC#Cc1cc2c(N[C@@H]3CCN(C)C[C@@H]3F)cccc2n1CC(F)(F)F. The van der Waals surface area contributed by atoms with Crippen LogP contribution in [-0.2, 0) is 32.5 Å². The van der Waals surface area contributed by atoms with Crippen molar-refractivity contribution in [3.8, 4) is 40.3 Å². The van der Waals surface area contributed by atoms with E-state index in [0.29, 0.717) is 64.9 Å². The second kappa shape index (κ2) is 23.3. The molecule has 0 unspecified atom stereocenters. The highest BCUT2D eigenvalue weighted by Gasteiger charge is 2.31. The molecule has 1 amide bonds. The van der Waals surface area contributed by atoms with Crippen LogP contribution in [0.2, 0.25) is 0 Å². The monoisotopic (exact) mass is 1000 g/mol. The minimum atomic E-state index is -4.53. The van der Waals surface area contributed by atoms with Crippen LogP contribution in [-0.4, -0.2) is 125 Å². The lowest BCUT2D eigenvalue weighted by atomic mass is 10.0. The summed E-state index contributed by atoms with van der Waals surface area (Å²) in [7, 11) is 0.937. The molecule has 4 N–H and O–H groups in total. The molecule has 0 bridgehead atoms. The van der Waals surface area contributed by atoms with Crippen molar-refractivity contribution < 1.29 is 54.2 Å². The van der Waals surface area contributed by atoms with Gasteiger partial charge < -0.3 is 54.2 Å². The summed E-state index contributed by atoms with van der Waals surface area (Å²) in [5.74, 6) is 6.76. The lowest BCUT2D eigenvalue weighted by Crippen LogP contribution is -2.46. The third-order valence-corrected chi connectivity index (χ3v) is 13.3. The first-order valence-corrected chi connectivity index (χ1v) is 24.4. The van der Waals surface area contributed by atoms with Crippen LogP contribution in [0.25, 0.3) is 22.0 Å². The largest absolute Gasteiger partial charge is 0.495 e. The molecule has 0 aliphatic carbocycles. The zero-order valence-corrected chi connectivity index (χ0v) is 40.7. The fraction of sp³-hybridized carbons (Fsp3) is 0.380. The maximum absolute atomic E-state index is 14.9. The van der Waals surface area contributed by atoms with Crippen molar-refractivity contribution in [3.63, 3.8) is 0 Å². The van der Waals surface area contributed by atoms with Crippen molar-refractivity contribution in [2.75, 3.05) is 89.0 Å². The van der Waals surface area contributed by atoms with E-state index >= 15 is 0 Å². The van der Waals surface area contributed by atoms with E-state index in [4.69, 9.17) is 23.5 Å². The predicted molar refractivity (Wildman–Crippen MR) is 262 cm³/mol. The van der Waals surface area contributed by atoms with Crippen LogP contribution in [0, 0.1) is 25.7 Å². The van der Waals surface area contributed by atoms with Crippen LogP contribution >= 0.6 is 0 Å². The Balaban J connectivity index is 0.852. The number of aromatic nitrogens is 3. The first kappa shape index (κ1) is 51.8. The molecule has 2 atom stereocenters. The van der Waals surface area contributed by atoms with Gasteiger partial charge in [-0.1, -0.05) is 29.3 Å². The van der Waals surface area contributed by atoms with E-state index in [1.165, 1.54) is 25.3 Å². The molecule has 21 heteroatoms. The molecule has 7 rings (SSSR count). The number of likely N-dealkylation sites (tertiary alicyclic amines) is 1. The Bertz CT molecular complexity index is 2970. The van der Waals surface area contributed by atoms with E-state index in [1.54, 1.807) is 43.6 Å². The van der Waals surface area contributed by atoms with Crippen molar-refractivity contribution in [2.45, 2.75) is 56.6 Å². The highest BCUT2D eigenvalue weighted by molar-refractivity contribution is 7.91. The summed E-state index contributed by atoms with van der Waals surface area (Å²) in [4.78, 5) is 18.9. The number of carbonyl (C=O) groups is 1. The van der Waals surface area contributed by atoms with Gasteiger partial charge in [0.05, 0.1) is 78.9 Å². The smallest absolute Gasteiger partial charge is 0.406 e. The van der Waals surface area contributed by atoms with E-state index < -0.39 is 40.7 Å². The maximum Gasteiger partial charge on any atom is 0.406 e. The summed E-state index contributed by atoms with van der Waals surface area (Å²) in [5, 5.41) is 16.8. The number of pyridine rings is 1. The summed E-state index contributed by atoms with van der Waals surface area (Å²) in [6.07, 6.45) is -3.43. The van der Waals surface area contributed by atoms with Gasteiger partial charge in [0.25, 0.3) is 5.91 Å². The van der Waals surface area contributed by atoms with Crippen LogP contribution in [0.15, 0.2) is 88.4 Å². The topological polar surface area (TPSA) is 183 Å². The highest BCUT2D eigenvalue weighted by Crippen LogP contribution is 2.34. The van der Waals surface area contributed by atoms with Gasteiger partial charge in [0.2, 0.25) is 5.88 Å². The van der Waals surface area contributed by atoms with Crippen molar-refractivity contribution in [3.05, 3.63) is 102 Å². The standard InChI is InChI=1S/C50H56F4N8O8S/c1-32-48(33(2)70-60-32)35-24-44(49(67-5)58-28-35)57-27-34-9-6-11-37(23-34)69-30-47(63)56-18-20-68-21-22-71(64,65)38-14-15-43(46(26-38)66-4)55-17-8-10-36-25-39-41(59-42-16-19-61(3)29-40(42)51)12-7-13-45(39)62(36)31-50(52,53)54/h6-7,9,11-15,23-26,28,40,42,55,57,59H,16-22,27,29-31H2,1-5H3,(H,56,63)/t40-,42+/m0/s1. The normalized spacial score (nSPS) is 15.2. The molecular weight excluding hydrogens is 949 g/mol. The number of ether oxygens (including phenoxy) is 4. The van der Waals surface area contributed by atoms with Crippen LogP contribution in [0.5, 0.6) is 17.4 Å². The van der Waals surface area contributed by atoms with E-state index in [-0.39, 0.29) is 61.5 Å².